The fourth-order valence-electron chi connectivity index (χ4n) is 1.57. The standard InChI is InChI=1S/C12H21N5O2.C2H6/c1-4-6-17-8-11(18)14-7-10(13)16-12(19-5-2)15-9(17)3;1-2/h7H,4-6,8,13H2,1-3H3,(H,14,18);1-2H3/b10-7+,15-9+,16-12+;. The predicted molar refractivity (Wildman–Crippen MR) is 85.8 cm³/mol. The van der Waals surface area contributed by atoms with Crippen molar-refractivity contribution >= 4 is 17.8 Å². The van der Waals surface area contributed by atoms with Gasteiger partial charge in [-0.1, -0.05) is 20.8 Å². The van der Waals surface area contributed by atoms with Crippen LogP contribution in [0.4, 0.5) is 0 Å². The summed E-state index contributed by atoms with van der Waals surface area (Å²) >= 11 is 0. The third-order valence-corrected chi connectivity index (χ3v) is 2.42. The molecule has 1 amide bonds. The minimum atomic E-state index is -0.152. The van der Waals surface area contributed by atoms with E-state index in [9.17, 15) is 4.79 Å². The van der Waals surface area contributed by atoms with E-state index in [-0.39, 0.29) is 24.3 Å². The molecule has 0 fully saturated rings. The van der Waals surface area contributed by atoms with Gasteiger partial charge >= 0.3 is 6.02 Å². The van der Waals surface area contributed by atoms with Crippen molar-refractivity contribution in [2.24, 2.45) is 15.7 Å². The first kappa shape index (κ1) is 18.9. The summed E-state index contributed by atoms with van der Waals surface area (Å²) in [5, 5.41) is 2.59. The van der Waals surface area contributed by atoms with Crippen LogP contribution < -0.4 is 11.1 Å². The maximum absolute atomic E-state index is 11.7. The molecule has 1 heterocycles. The number of amidine groups is 2. The fourth-order valence-corrected chi connectivity index (χ4v) is 1.57. The van der Waals surface area contributed by atoms with Crippen LogP contribution in [0, 0.1) is 0 Å². The van der Waals surface area contributed by atoms with Gasteiger partial charge in [-0.2, -0.15) is 9.98 Å². The molecule has 0 unspecified atom stereocenters. The highest BCUT2D eigenvalue weighted by molar-refractivity contribution is 5.94. The summed E-state index contributed by atoms with van der Waals surface area (Å²) in [7, 11) is 0. The Morgan fingerprint density at radius 2 is 2.05 bits per heavy atom. The number of rotatable bonds is 3. The van der Waals surface area contributed by atoms with E-state index >= 15 is 0 Å². The lowest BCUT2D eigenvalue weighted by molar-refractivity contribution is -0.120. The van der Waals surface area contributed by atoms with Gasteiger partial charge in [-0.05, 0) is 20.3 Å². The minimum Gasteiger partial charge on any atom is -0.464 e. The van der Waals surface area contributed by atoms with E-state index in [1.807, 2.05) is 39.5 Å². The third-order valence-electron chi connectivity index (χ3n) is 2.42. The molecule has 7 nitrogen and oxygen atoms in total. The summed E-state index contributed by atoms with van der Waals surface area (Å²) in [5.74, 6) is 0.678. The van der Waals surface area contributed by atoms with E-state index in [0.29, 0.717) is 12.4 Å². The summed E-state index contributed by atoms with van der Waals surface area (Å²) in [6.45, 7) is 11.1. The highest BCUT2D eigenvalue weighted by Crippen LogP contribution is 2.00. The molecule has 3 N–H and O–H groups in total. The van der Waals surface area contributed by atoms with Gasteiger partial charge in [0.05, 0.1) is 13.2 Å². The van der Waals surface area contributed by atoms with Crippen LogP contribution in [0.2, 0.25) is 0 Å². The second-order valence-electron chi connectivity index (χ2n) is 4.04. The van der Waals surface area contributed by atoms with Crippen LogP contribution in [0.3, 0.4) is 0 Å². The quantitative estimate of drug-likeness (QED) is 0.824. The molecule has 1 rings (SSSR count). The first-order valence-corrected chi connectivity index (χ1v) is 7.33. The SMILES string of the molecule is CC.CCCN1CC(=O)N/C=C(N)/N=C(OCC)\N=C\1C. The molecular weight excluding hydrogens is 270 g/mol. The van der Waals surface area contributed by atoms with Crippen molar-refractivity contribution < 1.29 is 9.53 Å². The Morgan fingerprint density at radius 3 is 2.62 bits per heavy atom. The summed E-state index contributed by atoms with van der Waals surface area (Å²) < 4.78 is 5.31. The first-order valence-electron chi connectivity index (χ1n) is 7.33. The number of ether oxygens (including phenoxy) is 1. The maximum Gasteiger partial charge on any atom is 0.320 e. The second kappa shape index (κ2) is 10.7. The van der Waals surface area contributed by atoms with Gasteiger partial charge in [-0.15, -0.1) is 0 Å². The zero-order valence-electron chi connectivity index (χ0n) is 13.6. The lowest BCUT2D eigenvalue weighted by Gasteiger charge is -2.23. The number of hydrogen-bond acceptors (Lipinski definition) is 6. The summed E-state index contributed by atoms with van der Waals surface area (Å²) in [6, 6.07) is 0.200. The number of hydrogen-bond donors (Lipinski definition) is 2. The van der Waals surface area contributed by atoms with Crippen molar-refractivity contribution in [2.75, 3.05) is 19.7 Å². The van der Waals surface area contributed by atoms with E-state index in [1.54, 1.807) is 0 Å². The monoisotopic (exact) mass is 297 g/mol. The van der Waals surface area contributed by atoms with Crippen molar-refractivity contribution in [1.29, 1.82) is 0 Å². The molecular formula is C14H27N5O2. The molecule has 0 aromatic heterocycles. The molecule has 120 valence electrons. The van der Waals surface area contributed by atoms with Gasteiger partial charge in [0, 0.05) is 12.7 Å². The van der Waals surface area contributed by atoms with Crippen molar-refractivity contribution in [3.05, 3.63) is 12.0 Å². The molecule has 0 aliphatic carbocycles. The number of carbonyl (C=O) groups is 1. The number of nitrogens with two attached hydrogens (primary N) is 1. The van der Waals surface area contributed by atoms with Crippen molar-refractivity contribution in [1.82, 2.24) is 10.2 Å². The van der Waals surface area contributed by atoms with Crippen molar-refractivity contribution in [3.63, 3.8) is 0 Å². The van der Waals surface area contributed by atoms with E-state index < -0.39 is 0 Å². The molecule has 1 aliphatic rings. The third kappa shape index (κ3) is 7.34. The molecule has 0 aromatic rings. The minimum absolute atomic E-state index is 0.150. The number of aliphatic imine (C=N–C) groups is 2. The van der Waals surface area contributed by atoms with Crippen LogP contribution in [-0.4, -0.2) is 42.4 Å². The lowest BCUT2D eigenvalue weighted by atomic mass is 10.3. The molecule has 0 spiro atoms. The van der Waals surface area contributed by atoms with Crippen molar-refractivity contribution in [3.8, 4) is 0 Å². The van der Waals surface area contributed by atoms with Crippen LogP contribution >= 0.6 is 0 Å². The summed E-state index contributed by atoms with van der Waals surface area (Å²) in [5.41, 5.74) is 5.64. The van der Waals surface area contributed by atoms with Gasteiger partial charge in [0.25, 0.3) is 0 Å². The molecule has 0 saturated heterocycles. The molecule has 21 heavy (non-hydrogen) atoms. The number of nitrogens with zero attached hydrogens (tertiary/aromatic N) is 3. The highest BCUT2D eigenvalue weighted by Gasteiger charge is 2.13. The lowest BCUT2D eigenvalue weighted by Crippen LogP contribution is -2.39. The second-order valence-corrected chi connectivity index (χ2v) is 4.04. The molecule has 1 aliphatic heterocycles. The highest BCUT2D eigenvalue weighted by atomic mass is 16.5. The van der Waals surface area contributed by atoms with Crippen LogP contribution in [-0.2, 0) is 9.53 Å². The zero-order chi connectivity index (χ0) is 16.3. The Kier molecular flexibility index (Phi) is 9.66. The molecule has 0 atom stereocenters. The van der Waals surface area contributed by atoms with Crippen LogP contribution in [0.5, 0.6) is 0 Å². The Morgan fingerprint density at radius 1 is 1.38 bits per heavy atom. The smallest absolute Gasteiger partial charge is 0.320 e. The van der Waals surface area contributed by atoms with Gasteiger partial charge in [-0.25, -0.2) is 0 Å². The fraction of sp³-hybridized carbons (Fsp3) is 0.643. The van der Waals surface area contributed by atoms with Gasteiger partial charge in [0.15, 0.2) is 0 Å². The molecule has 7 heteroatoms. The topological polar surface area (TPSA) is 92.3 Å². The Hall–Kier alpha value is -2.05. The number of amides is 1. The van der Waals surface area contributed by atoms with E-state index in [1.165, 1.54) is 6.20 Å². The Balaban J connectivity index is 0.00000191. The van der Waals surface area contributed by atoms with Gasteiger partial charge < -0.3 is 20.7 Å². The van der Waals surface area contributed by atoms with E-state index in [0.717, 1.165) is 13.0 Å². The van der Waals surface area contributed by atoms with Crippen molar-refractivity contribution in [2.45, 2.75) is 41.0 Å². The molecule has 0 aromatic carbocycles. The Bertz CT molecular complexity index is 416. The van der Waals surface area contributed by atoms with Crippen LogP contribution in [0.15, 0.2) is 22.0 Å². The molecule has 0 saturated carbocycles. The summed E-state index contributed by atoms with van der Waals surface area (Å²) in [6.07, 6.45) is 2.26. The molecule has 0 bridgehead atoms. The van der Waals surface area contributed by atoms with E-state index in [2.05, 4.69) is 15.3 Å². The number of nitrogens with one attached hydrogen (secondary N) is 1. The molecule has 0 radical (unpaired) electrons. The van der Waals surface area contributed by atoms with Crippen LogP contribution in [0.25, 0.3) is 0 Å². The maximum atomic E-state index is 11.7. The van der Waals surface area contributed by atoms with Gasteiger partial charge in [-0.3, -0.25) is 4.79 Å². The van der Waals surface area contributed by atoms with Gasteiger partial charge in [0.1, 0.15) is 11.7 Å². The van der Waals surface area contributed by atoms with Gasteiger partial charge in [0.2, 0.25) is 5.91 Å². The normalized spacial score (nSPS) is 23.2. The van der Waals surface area contributed by atoms with E-state index in [4.69, 9.17) is 10.5 Å². The predicted octanol–water partition coefficient (Wildman–Crippen LogP) is 1.42. The largest absolute Gasteiger partial charge is 0.464 e. The average molecular weight is 297 g/mol. The average Bonchev–Trinajstić information content (AvgIpc) is 2.46. The number of carbonyl (C=O) groups excluding carboxylic acids is 1. The first-order chi connectivity index (χ1) is 10.1. The zero-order valence-corrected chi connectivity index (χ0v) is 13.6. The summed E-state index contributed by atoms with van der Waals surface area (Å²) in [4.78, 5) is 21.9. The Labute approximate surface area is 127 Å². The van der Waals surface area contributed by atoms with Crippen LogP contribution in [0.1, 0.15) is 41.0 Å².